The summed E-state index contributed by atoms with van der Waals surface area (Å²) in [5.41, 5.74) is 4.91. The second-order valence-electron chi connectivity index (χ2n) is 1.89. The third-order valence-electron chi connectivity index (χ3n) is 0.671. The van der Waals surface area contributed by atoms with Gasteiger partial charge in [0.1, 0.15) is 5.70 Å². The normalized spacial score (nSPS) is 11.5. The Morgan fingerprint density at radius 3 is 1.85 bits per heavy atom. The van der Waals surface area contributed by atoms with Crippen LogP contribution in [-0.4, -0.2) is 25.8 Å². The van der Waals surface area contributed by atoms with Crippen LogP contribution in [0.3, 0.4) is 0 Å². The lowest BCUT2D eigenvalue weighted by atomic mass is 10.3. The van der Waals surface area contributed by atoms with Gasteiger partial charge in [-0.1, -0.05) is 13.0 Å². The van der Waals surface area contributed by atoms with Crippen LogP contribution in [0.4, 0.5) is 0 Å². The van der Waals surface area contributed by atoms with Gasteiger partial charge in [-0.25, -0.2) is 9.36 Å². The first-order valence-electron chi connectivity index (χ1n) is 3.15. The SMILES string of the molecule is CC/C=C(\N)C(=O)O.O=P(O)(O)O. The molecular formula is C5H12NO6P. The first-order valence-corrected chi connectivity index (χ1v) is 4.72. The monoisotopic (exact) mass is 213 g/mol. The summed E-state index contributed by atoms with van der Waals surface area (Å²) in [5, 5.41) is 8.12. The molecule has 0 heterocycles. The van der Waals surface area contributed by atoms with E-state index in [9.17, 15) is 4.79 Å². The Kier molecular flexibility index (Phi) is 7.45. The minimum atomic E-state index is -4.64. The average Bonchev–Trinajstić information content (AvgIpc) is 1.84. The van der Waals surface area contributed by atoms with Crippen molar-refractivity contribution in [2.75, 3.05) is 0 Å². The molecule has 0 spiro atoms. The molecule has 0 bridgehead atoms. The van der Waals surface area contributed by atoms with E-state index in [0.717, 1.165) is 0 Å². The molecule has 0 aliphatic carbocycles. The van der Waals surface area contributed by atoms with Crippen molar-refractivity contribution in [1.82, 2.24) is 0 Å². The van der Waals surface area contributed by atoms with Gasteiger partial charge < -0.3 is 25.5 Å². The zero-order valence-corrected chi connectivity index (χ0v) is 7.81. The summed E-state index contributed by atoms with van der Waals surface area (Å²) in [6, 6.07) is 0. The van der Waals surface area contributed by atoms with Crippen molar-refractivity contribution < 1.29 is 29.1 Å². The minimum Gasteiger partial charge on any atom is -0.477 e. The Morgan fingerprint density at radius 1 is 1.46 bits per heavy atom. The molecule has 0 rings (SSSR count). The number of hydrogen-bond acceptors (Lipinski definition) is 3. The quantitative estimate of drug-likeness (QED) is 0.304. The van der Waals surface area contributed by atoms with Gasteiger partial charge in [0.05, 0.1) is 0 Å². The van der Waals surface area contributed by atoms with Gasteiger partial charge in [-0.3, -0.25) is 0 Å². The molecule has 78 valence electrons. The molecule has 0 aromatic rings. The van der Waals surface area contributed by atoms with E-state index in [1.165, 1.54) is 6.08 Å². The van der Waals surface area contributed by atoms with Crippen LogP contribution in [0.25, 0.3) is 0 Å². The number of rotatable bonds is 2. The smallest absolute Gasteiger partial charge is 0.466 e. The molecule has 0 atom stereocenters. The third-order valence-corrected chi connectivity index (χ3v) is 0.671. The highest BCUT2D eigenvalue weighted by Crippen LogP contribution is 2.25. The lowest BCUT2D eigenvalue weighted by molar-refractivity contribution is -0.132. The van der Waals surface area contributed by atoms with E-state index < -0.39 is 13.8 Å². The predicted molar refractivity (Wildman–Crippen MR) is 44.5 cm³/mol. The van der Waals surface area contributed by atoms with Crippen LogP contribution >= 0.6 is 7.82 Å². The molecule has 0 unspecified atom stereocenters. The van der Waals surface area contributed by atoms with E-state index in [0.29, 0.717) is 6.42 Å². The molecule has 0 saturated heterocycles. The Hall–Kier alpha value is -0.880. The highest BCUT2D eigenvalue weighted by molar-refractivity contribution is 7.45. The first kappa shape index (κ1) is 14.6. The van der Waals surface area contributed by atoms with Crippen LogP contribution in [0, 0.1) is 0 Å². The maximum absolute atomic E-state index is 9.90. The largest absolute Gasteiger partial charge is 0.477 e. The summed E-state index contributed by atoms with van der Waals surface area (Å²) >= 11 is 0. The number of carbonyl (C=O) groups is 1. The lowest BCUT2D eigenvalue weighted by Crippen LogP contribution is -2.09. The molecular weight excluding hydrogens is 201 g/mol. The van der Waals surface area contributed by atoms with Gasteiger partial charge in [0.25, 0.3) is 0 Å². The molecule has 6 N–H and O–H groups in total. The molecule has 8 heteroatoms. The number of carboxylic acids is 1. The predicted octanol–water partition coefficient (Wildman–Crippen LogP) is -0.605. The van der Waals surface area contributed by atoms with E-state index in [1.54, 1.807) is 0 Å². The zero-order valence-electron chi connectivity index (χ0n) is 6.91. The van der Waals surface area contributed by atoms with E-state index in [4.69, 9.17) is 30.1 Å². The van der Waals surface area contributed by atoms with Crippen molar-refractivity contribution in [3.8, 4) is 0 Å². The maximum Gasteiger partial charge on any atom is 0.466 e. The average molecular weight is 213 g/mol. The van der Waals surface area contributed by atoms with Crippen molar-refractivity contribution in [1.29, 1.82) is 0 Å². The summed E-state index contributed by atoms with van der Waals surface area (Å²) in [5.74, 6) is -1.05. The molecule has 0 radical (unpaired) electrons. The Morgan fingerprint density at radius 2 is 1.77 bits per heavy atom. The van der Waals surface area contributed by atoms with Crippen LogP contribution in [0.1, 0.15) is 13.3 Å². The summed E-state index contributed by atoms with van der Waals surface area (Å²) in [7, 11) is -4.64. The highest BCUT2D eigenvalue weighted by Gasteiger charge is 2.00. The Labute approximate surface area is 74.7 Å². The van der Waals surface area contributed by atoms with Gasteiger partial charge in [-0.2, -0.15) is 0 Å². The summed E-state index contributed by atoms with van der Waals surface area (Å²) in [4.78, 5) is 31.5. The van der Waals surface area contributed by atoms with Crippen LogP contribution in [0.5, 0.6) is 0 Å². The zero-order chi connectivity index (χ0) is 11.1. The molecule has 0 aliphatic heterocycles. The van der Waals surface area contributed by atoms with Gasteiger partial charge in [0.2, 0.25) is 0 Å². The maximum atomic E-state index is 9.90. The van der Waals surface area contributed by atoms with Gasteiger partial charge in [0.15, 0.2) is 0 Å². The third kappa shape index (κ3) is 24.7. The Balaban J connectivity index is 0. The molecule has 0 fully saturated rings. The van der Waals surface area contributed by atoms with Gasteiger partial charge in [0, 0.05) is 0 Å². The number of nitrogens with two attached hydrogens (primary N) is 1. The van der Waals surface area contributed by atoms with Gasteiger partial charge >= 0.3 is 13.8 Å². The van der Waals surface area contributed by atoms with E-state index in [1.807, 2.05) is 6.92 Å². The fourth-order valence-electron chi connectivity index (χ4n) is 0.307. The summed E-state index contributed by atoms with van der Waals surface area (Å²) < 4.78 is 8.88. The van der Waals surface area contributed by atoms with E-state index in [-0.39, 0.29) is 5.70 Å². The van der Waals surface area contributed by atoms with Gasteiger partial charge in [-0.05, 0) is 6.42 Å². The summed E-state index contributed by atoms with van der Waals surface area (Å²) in [6.07, 6.45) is 2.13. The molecule has 13 heavy (non-hydrogen) atoms. The van der Waals surface area contributed by atoms with E-state index >= 15 is 0 Å². The molecule has 7 nitrogen and oxygen atoms in total. The van der Waals surface area contributed by atoms with E-state index in [2.05, 4.69) is 0 Å². The molecule has 0 saturated carbocycles. The first-order chi connectivity index (χ1) is 5.68. The van der Waals surface area contributed by atoms with Crippen molar-refractivity contribution in [3.05, 3.63) is 11.8 Å². The fraction of sp³-hybridized carbons (Fsp3) is 0.400. The molecule has 0 aromatic heterocycles. The number of phosphoric acid groups is 1. The molecule has 0 aromatic carbocycles. The lowest BCUT2D eigenvalue weighted by Gasteiger charge is -1.87. The van der Waals surface area contributed by atoms with Crippen molar-refractivity contribution >= 4 is 13.8 Å². The van der Waals surface area contributed by atoms with Crippen molar-refractivity contribution in [2.45, 2.75) is 13.3 Å². The van der Waals surface area contributed by atoms with Crippen LogP contribution < -0.4 is 5.73 Å². The van der Waals surface area contributed by atoms with Gasteiger partial charge in [-0.15, -0.1) is 0 Å². The number of carboxylic acid groups (broad SMARTS) is 1. The topological polar surface area (TPSA) is 141 Å². The van der Waals surface area contributed by atoms with Crippen LogP contribution in [0.15, 0.2) is 11.8 Å². The van der Waals surface area contributed by atoms with Crippen molar-refractivity contribution in [3.63, 3.8) is 0 Å². The standard InChI is InChI=1S/C5H9NO2.H3O4P/c1-2-3-4(6)5(7)8;1-5(2,3)4/h3H,2,6H2,1H3,(H,7,8);(H3,1,2,3,4)/b4-3-;. The van der Waals surface area contributed by atoms with Crippen molar-refractivity contribution in [2.24, 2.45) is 5.73 Å². The fourth-order valence-corrected chi connectivity index (χ4v) is 0.307. The number of hydrogen-bond donors (Lipinski definition) is 5. The van der Waals surface area contributed by atoms with Crippen LogP contribution in [0.2, 0.25) is 0 Å². The Bertz CT molecular complexity index is 223. The summed E-state index contributed by atoms with van der Waals surface area (Å²) in [6.45, 7) is 1.83. The van der Waals surface area contributed by atoms with Crippen LogP contribution in [-0.2, 0) is 9.36 Å². The second-order valence-corrected chi connectivity index (χ2v) is 2.91. The molecule has 0 aliphatic rings. The second kappa shape index (κ2) is 6.62. The number of aliphatic carboxylic acids is 1. The molecule has 0 amide bonds. The highest BCUT2D eigenvalue weighted by atomic mass is 31.2. The minimum absolute atomic E-state index is 0.0764. The number of allylic oxidation sites excluding steroid dienone is 1.